The van der Waals surface area contributed by atoms with E-state index in [4.69, 9.17) is 5.73 Å². The van der Waals surface area contributed by atoms with Crippen molar-refractivity contribution in [3.05, 3.63) is 29.3 Å². The summed E-state index contributed by atoms with van der Waals surface area (Å²) in [7, 11) is -3.52. The summed E-state index contributed by atoms with van der Waals surface area (Å²) in [6.07, 6.45) is 2.06. The Hall–Kier alpha value is -1.93. The molecule has 1 aromatic carbocycles. The Labute approximate surface area is 180 Å². The van der Waals surface area contributed by atoms with E-state index in [0.717, 1.165) is 11.1 Å². The minimum atomic E-state index is -3.52. The van der Waals surface area contributed by atoms with Crippen LogP contribution in [0, 0.1) is 25.7 Å². The lowest BCUT2D eigenvalue weighted by Gasteiger charge is -2.34. The Balaban J connectivity index is 1.65. The number of benzene rings is 1. The first-order valence-corrected chi connectivity index (χ1v) is 12.1. The van der Waals surface area contributed by atoms with Gasteiger partial charge < -0.3 is 5.73 Å². The van der Waals surface area contributed by atoms with E-state index in [1.165, 1.54) is 0 Å². The first-order valence-electron chi connectivity index (χ1n) is 10.7. The second-order valence-corrected chi connectivity index (χ2v) is 11.2. The summed E-state index contributed by atoms with van der Waals surface area (Å²) >= 11 is 0. The van der Waals surface area contributed by atoms with Crippen molar-refractivity contribution in [1.82, 2.24) is 9.21 Å². The van der Waals surface area contributed by atoms with Gasteiger partial charge in [-0.25, -0.2) is 13.4 Å². The molecule has 2 heterocycles. The maximum atomic E-state index is 13.2. The Morgan fingerprint density at radius 2 is 1.77 bits per heavy atom. The Bertz CT molecular complexity index is 929. The summed E-state index contributed by atoms with van der Waals surface area (Å²) in [5.41, 5.74) is 6.85. The van der Waals surface area contributed by atoms with Gasteiger partial charge in [-0.05, 0) is 63.0 Å². The summed E-state index contributed by atoms with van der Waals surface area (Å²) in [5.74, 6) is 0.787. The molecule has 2 aliphatic rings. The van der Waals surface area contributed by atoms with Crippen LogP contribution in [0.25, 0.3) is 0 Å². The number of aliphatic imine (C=N–C) groups is 1. The predicted octanol–water partition coefficient (Wildman–Crippen LogP) is 2.67. The number of carbonyl (C=O) groups excluding carboxylic acids is 1. The third-order valence-electron chi connectivity index (χ3n) is 6.17. The molecular weight excluding hydrogens is 400 g/mol. The molecule has 0 saturated carbocycles. The van der Waals surface area contributed by atoms with Gasteiger partial charge in [0, 0.05) is 19.6 Å². The molecule has 1 aromatic rings. The van der Waals surface area contributed by atoms with Crippen LogP contribution in [-0.2, 0) is 14.8 Å². The largest absolute Gasteiger partial charge is 0.369 e. The number of hydrogen-bond donors (Lipinski definition) is 1. The molecule has 1 amide bonds. The molecule has 0 aromatic heterocycles. The van der Waals surface area contributed by atoms with Gasteiger partial charge in [-0.2, -0.15) is 4.31 Å². The lowest BCUT2D eigenvalue weighted by Crippen LogP contribution is -2.48. The SMILES string of the molecule is Cc1cccc(C)c1S(=O)(=O)N1CCC(CN2C(=O)C(C)(CC(C)C)N=C2N)CC1. The van der Waals surface area contributed by atoms with Gasteiger partial charge in [0.25, 0.3) is 5.91 Å². The normalized spacial score (nSPS) is 24.0. The molecule has 1 unspecified atom stereocenters. The zero-order valence-electron chi connectivity index (χ0n) is 18.7. The number of nitrogens with two attached hydrogens (primary N) is 1. The third-order valence-corrected chi connectivity index (χ3v) is 8.38. The molecule has 8 heteroatoms. The van der Waals surface area contributed by atoms with Crippen molar-refractivity contribution in [3.8, 4) is 0 Å². The van der Waals surface area contributed by atoms with Crippen LogP contribution in [0.4, 0.5) is 0 Å². The van der Waals surface area contributed by atoms with E-state index in [9.17, 15) is 13.2 Å². The average Bonchev–Trinajstić information content (AvgIpc) is 2.84. The molecule has 1 atom stereocenters. The molecule has 166 valence electrons. The molecule has 1 saturated heterocycles. The van der Waals surface area contributed by atoms with Gasteiger partial charge in [0.1, 0.15) is 5.54 Å². The van der Waals surface area contributed by atoms with E-state index in [1.54, 1.807) is 9.21 Å². The van der Waals surface area contributed by atoms with Crippen LogP contribution in [0.2, 0.25) is 0 Å². The van der Waals surface area contributed by atoms with Crippen molar-refractivity contribution in [1.29, 1.82) is 0 Å². The molecule has 2 aliphatic heterocycles. The second kappa shape index (κ2) is 8.30. The average molecular weight is 435 g/mol. The summed E-state index contributed by atoms with van der Waals surface area (Å²) < 4.78 is 28.0. The van der Waals surface area contributed by atoms with Gasteiger partial charge in [0.15, 0.2) is 5.96 Å². The minimum Gasteiger partial charge on any atom is -0.369 e. The first kappa shape index (κ1) is 22.7. The number of nitrogens with zero attached hydrogens (tertiary/aromatic N) is 3. The fourth-order valence-electron chi connectivity index (χ4n) is 4.79. The fraction of sp³-hybridized carbons (Fsp3) is 0.636. The zero-order chi connectivity index (χ0) is 22.3. The molecule has 7 nitrogen and oxygen atoms in total. The summed E-state index contributed by atoms with van der Waals surface area (Å²) in [4.78, 5) is 19.4. The highest BCUT2D eigenvalue weighted by Crippen LogP contribution is 2.32. The van der Waals surface area contributed by atoms with Gasteiger partial charge in [-0.15, -0.1) is 0 Å². The van der Waals surface area contributed by atoms with Gasteiger partial charge in [0.05, 0.1) is 4.90 Å². The van der Waals surface area contributed by atoms with Crippen molar-refractivity contribution < 1.29 is 13.2 Å². The van der Waals surface area contributed by atoms with E-state index >= 15 is 0 Å². The Morgan fingerprint density at radius 1 is 1.20 bits per heavy atom. The van der Waals surface area contributed by atoms with E-state index in [2.05, 4.69) is 18.8 Å². The molecule has 0 spiro atoms. The topological polar surface area (TPSA) is 96.1 Å². The summed E-state index contributed by atoms with van der Waals surface area (Å²) in [5, 5.41) is 0. The molecule has 30 heavy (non-hydrogen) atoms. The quantitative estimate of drug-likeness (QED) is 0.744. The number of amides is 1. The monoisotopic (exact) mass is 434 g/mol. The maximum Gasteiger partial charge on any atom is 0.257 e. The molecule has 0 bridgehead atoms. The van der Waals surface area contributed by atoms with Crippen molar-refractivity contribution in [3.63, 3.8) is 0 Å². The van der Waals surface area contributed by atoms with Crippen LogP contribution < -0.4 is 5.73 Å². The van der Waals surface area contributed by atoms with E-state index in [0.29, 0.717) is 49.7 Å². The van der Waals surface area contributed by atoms with Crippen LogP contribution in [0.15, 0.2) is 28.1 Å². The van der Waals surface area contributed by atoms with E-state index in [-0.39, 0.29) is 17.8 Å². The predicted molar refractivity (Wildman–Crippen MR) is 119 cm³/mol. The molecule has 3 rings (SSSR count). The molecule has 0 aliphatic carbocycles. The number of piperidine rings is 1. The van der Waals surface area contributed by atoms with Gasteiger partial charge in [-0.1, -0.05) is 32.0 Å². The second-order valence-electron chi connectivity index (χ2n) is 9.33. The van der Waals surface area contributed by atoms with Crippen molar-refractivity contribution in [2.75, 3.05) is 19.6 Å². The van der Waals surface area contributed by atoms with Gasteiger partial charge in [-0.3, -0.25) is 9.69 Å². The van der Waals surface area contributed by atoms with Gasteiger partial charge >= 0.3 is 0 Å². The molecular formula is C22H34N4O3S. The lowest BCUT2D eigenvalue weighted by molar-refractivity contribution is -0.131. The van der Waals surface area contributed by atoms with Crippen LogP contribution >= 0.6 is 0 Å². The van der Waals surface area contributed by atoms with Crippen LogP contribution in [-0.4, -0.2) is 54.7 Å². The zero-order valence-corrected chi connectivity index (χ0v) is 19.5. The van der Waals surface area contributed by atoms with E-state index in [1.807, 2.05) is 39.0 Å². The number of rotatable bonds is 6. The number of aryl methyl sites for hydroxylation is 2. The molecule has 0 radical (unpaired) electrons. The Morgan fingerprint density at radius 3 is 2.30 bits per heavy atom. The maximum absolute atomic E-state index is 13.2. The minimum absolute atomic E-state index is 0.0423. The van der Waals surface area contributed by atoms with Gasteiger partial charge in [0.2, 0.25) is 10.0 Å². The van der Waals surface area contributed by atoms with Crippen molar-refractivity contribution in [2.45, 2.75) is 64.3 Å². The summed E-state index contributed by atoms with van der Waals surface area (Å²) in [6.45, 7) is 11.1. The number of guanidine groups is 1. The Kier molecular flexibility index (Phi) is 6.30. The van der Waals surface area contributed by atoms with Crippen molar-refractivity contribution >= 4 is 21.9 Å². The van der Waals surface area contributed by atoms with Crippen LogP contribution in [0.5, 0.6) is 0 Å². The number of sulfonamides is 1. The van der Waals surface area contributed by atoms with E-state index < -0.39 is 15.6 Å². The smallest absolute Gasteiger partial charge is 0.257 e. The van der Waals surface area contributed by atoms with Crippen LogP contribution in [0.3, 0.4) is 0 Å². The number of carbonyl (C=O) groups is 1. The molecule has 1 fully saturated rings. The highest BCUT2D eigenvalue weighted by Gasteiger charge is 2.45. The lowest BCUT2D eigenvalue weighted by atomic mass is 9.90. The number of hydrogen-bond acceptors (Lipinski definition) is 5. The van der Waals surface area contributed by atoms with Crippen LogP contribution in [0.1, 0.15) is 51.2 Å². The highest BCUT2D eigenvalue weighted by molar-refractivity contribution is 7.89. The third kappa shape index (κ3) is 4.25. The highest BCUT2D eigenvalue weighted by atomic mass is 32.2. The van der Waals surface area contributed by atoms with Crippen molar-refractivity contribution in [2.24, 2.45) is 22.6 Å². The standard InChI is InChI=1S/C22H34N4O3S/c1-15(2)13-22(5)20(27)26(21(23)24-22)14-18-9-11-25(12-10-18)30(28,29)19-16(3)7-6-8-17(19)4/h6-8,15,18H,9-14H2,1-5H3,(H2,23,24). The first-order chi connectivity index (χ1) is 14.0. The summed E-state index contributed by atoms with van der Waals surface area (Å²) in [6, 6.07) is 5.55. The molecule has 2 N–H and O–H groups in total. The fourth-order valence-corrected chi connectivity index (χ4v) is 6.69.